The van der Waals surface area contributed by atoms with Crippen LogP contribution in [0.4, 0.5) is 0 Å². The lowest BCUT2D eigenvalue weighted by atomic mass is 10.2. The van der Waals surface area contributed by atoms with E-state index >= 15 is 0 Å². The first-order valence-corrected chi connectivity index (χ1v) is 5.46. The average molecular weight is 207 g/mol. The van der Waals surface area contributed by atoms with E-state index in [1.54, 1.807) is 6.07 Å². The van der Waals surface area contributed by atoms with E-state index in [1.807, 2.05) is 13.8 Å². The molecule has 3 heteroatoms. The van der Waals surface area contributed by atoms with Crippen molar-refractivity contribution < 1.29 is 9.21 Å². The molecule has 2 rings (SSSR count). The number of nitrogens with one attached hydrogen (secondary N) is 1. The number of hydrogen-bond donors (Lipinski definition) is 1. The first-order chi connectivity index (χ1) is 7.08. The molecule has 0 radical (unpaired) electrons. The van der Waals surface area contributed by atoms with Gasteiger partial charge in [0.25, 0.3) is 5.91 Å². The van der Waals surface area contributed by atoms with Crippen LogP contribution in [0.25, 0.3) is 0 Å². The van der Waals surface area contributed by atoms with Crippen molar-refractivity contribution in [2.24, 2.45) is 5.92 Å². The number of amides is 1. The summed E-state index contributed by atoms with van der Waals surface area (Å²) < 4.78 is 5.33. The molecule has 1 atom stereocenters. The van der Waals surface area contributed by atoms with Gasteiger partial charge < -0.3 is 9.73 Å². The zero-order chi connectivity index (χ0) is 11.0. The molecule has 1 N–H and O–H groups in total. The molecule has 3 nitrogen and oxygen atoms in total. The number of rotatable bonds is 3. The van der Waals surface area contributed by atoms with Gasteiger partial charge in [-0.1, -0.05) is 0 Å². The summed E-state index contributed by atoms with van der Waals surface area (Å²) in [5, 5.41) is 3.01. The summed E-state index contributed by atoms with van der Waals surface area (Å²) in [5.74, 6) is 2.16. The highest BCUT2D eigenvalue weighted by Crippen LogP contribution is 2.32. The normalized spacial score (nSPS) is 17.5. The Kier molecular flexibility index (Phi) is 2.55. The standard InChI is InChI=1S/C12H17NO2/c1-7-6-11(9(3)15-7)12(14)13-8(2)10-4-5-10/h6,8,10H,4-5H2,1-3H3,(H,13,14). The molecule has 1 aromatic rings. The zero-order valence-electron chi connectivity index (χ0n) is 9.46. The highest BCUT2D eigenvalue weighted by Gasteiger charge is 2.29. The van der Waals surface area contributed by atoms with Gasteiger partial charge in [-0.05, 0) is 45.6 Å². The minimum Gasteiger partial charge on any atom is -0.466 e. The molecule has 0 aliphatic heterocycles. The first-order valence-electron chi connectivity index (χ1n) is 5.46. The molecular formula is C12H17NO2. The largest absolute Gasteiger partial charge is 0.466 e. The molecular weight excluding hydrogens is 190 g/mol. The van der Waals surface area contributed by atoms with E-state index in [9.17, 15) is 4.79 Å². The van der Waals surface area contributed by atoms with Gasteiger partial charge in [0.1, 0.15) is 11.5 Å². The molecule has 1 saturated carbocycles. The highest BCUT2D eigenvalue weighted by atomic mass is 16.3. The molecule has 0 aromatic carbocycles. The van der Waals surface area contributed by atoms with Gasteiger partial charge in [-0.25, -0.2) is 0 Å². The Labute approximate surface area is 89.9 Å². The quantitative estimate of drug-likeness (QED) is 0.827. The second kappa shape index (κ2) is 3.72. The third-order valence-electron chi connectivity index (χ3n) is 2.97. The third kappa shape index (κ3) is 2.22. The summed E-state index contributed by atoms with van der Waals surface area (Å²) in [4.78, 5) is 11.9. The minimum absolute atomic E-state index is 0.0104. The Morgan fingerprint density at radius 1 is 1.53 bits per heavy atom. The van der Waals surface area contributed by atoms with Crippen molar-refractivity contribution in [1.82, 2.24) is 5.32 Å². The first kappa shape index (κ1) is 10.3. The Hall–Kier alpha value is -1.25. The molecule has 1 fully saturated rings. The van der Waals surface area contributed by atoms with Crippen molar-refractivity contribution in [3.8, 4) is 0 Å². The van der Waals surface area contributed by atoms with Crippen LogP contribution in [0.5, 0.6) is 0 Å². The van der Waals surface area contributed by atoms with E-state index in [2.05, 4.69) is 12.2 Å². The molecule has 1 heterocycles. The van der Waals surface area contributed by atoms with E-state index in [0.717, 1.165) is 5.76 Å². The summed E-state index contributed by atoms with van der Waals surface area (Å²) in [7, 11) is 0. The Morgan fingerprint density at radius 3 is 2.67 bits per heavy atom. The van der Waals surface area contributed by atoms with Gasteiger partial charge >= 0.3 is 0 Å². The fraction of sp³-hybridized carbons (Fsp3) is 0.583. The monoisotopic (exact) mass is 207 g/mol. The van der Waals surface area contributed by atoms with Crippen molar-refractivity contribution in [3.05, 3.63) is 23.2 Å². The maximum atomic E-state index is 11.9. The lowest BCUT2D eigenvalue weighted by Crippen LogP contribution is -2.34. The van der Waals surface area contributed by atoms with E-state index < -0.39 is 0 Å². The predicted octanol–water partition coefficient (Wildman–Crippen LogP) is 2.42. The van der Waals surface area contributed by atoms with Crippen LogP contribution >= 0.6 is 0 Å². The predicted molar refractivity (Wildman–Crippen MR) is 57.8 cm³/mol. The van der Waals surface area contributed by atoms with Crippen molar-refractivity contribution in [3.63, 3.8) is 0 Å². The molecule has 0 bridgehead atoms. The maximum Gasteiger partial charge on any atom is 0.255 e. The second-order valence-electron chi connectivity index (χ2n) is 4.43. The van der Waals surface area contributed by atoms with Gasteiger partial charge in [0.05, 0.1) is 5.56 Å². The molecule has 1 aromatic heterocycles. The summed E-state index contributed by atoms with van der Waals surface area (Å²) in [6.45, 7) is 5.75. The lowest BCUT2D eigenvalue weighted by Gasteiger charge is -2.11. The number of furan rings is 1. The van der Waals surface area contributed by atoms with Crippen LogP contribution in [0.2, 0.25) is 0 Å². The van der Waals surface area contributed by atoms with Gasteiger partial charge in [0.2, 0.25) is 0 Å². The van der Waals surface area contributed by atoms with Crippen LogP contribution in [0.3, 0.4) is 0 Å². The van der Waals surface area contributed by atoms with Crippen molar-refractivity contribution in [1.29, 1.82) is 0 Å². The van der Waals surface area contributed by atoms with E-state index in [1.165, 1.54) is 12.8 Å². The number of hydrogen-bond acceptors (Lipinski definition) is 2. The summed E-state index contributed by atoms with van der Waals surface area (Å²) >= 11 is 0. The molecule has 1 amide bonds. The van der Waals surface area contributed by atoms with Crippen LogP contribution < -0.4 is 5.32 Å². The van der Waals surface area contributed by atoms with E-state index in [-0.39, 0.29) is 11.9 Å². The second-order valence-corrected chi connectivity index (χ2v) is 4.43. The Morgan fingerprint density at radius 2 is 2.20 bits per heavy atom. The molecule has 1 aliphatic carbocycles. The minimum atomic E-state index is -0.0104. The smallest absolute Gasteiger partial charge is 0.255 e. The summed E-state index contributed by atoms with van der Waals surface area (Å²) in [5.41, 5.74) is 0.667. The van der Waals surface area contributed by atoms with Crippen LogP contribution in [0.15, 0.2) is 10.5 Å². The van der Waals surface area contributed by atoms with Crippen LogP contribution in [-0.4, -0.2) is 11.9 Å². The molecule has 82 valence electrons. The molecule has 0 saturated heterocycles. The fourth-order valence-corrected chi connectivity index (χ4v) is 1.85. The SMILES string of the molecule is Cc1cc(C(=O)NC(C)C2CC2)c(C)o1. The summed E-state index contributed by atoms with van der Waals surface area (Å²) in [6.07, 6.45) is 2.48. The number of carbonyl (C=O) groups excluding carboxylic acids is 1. The average Bonchev–Trinajstić information content (AvgIpc) is 2.92. The van der Waals surface area contributed by atoms with Crippen LogP contribution in [0, 0.1) is 19.8 Å². The van der Waals surface area contributed by atoms with Crippen LogP contribution in [-0.2, 0) is 0 Å². The van der Waals surface area contributed by atoms with Crippen LogP contribution in [0.1, 0.15) is 41.6 Å². The van der Waals surface area contributed by atoms with Crippen molar-refractivity contribution in [2.75, 3.05) is 0 Å². The van der Waals surface area contributed by atoms with E-state index in [4.69, 9.17) is 4.42 Å². The number of aryl methyl sites for hydroxylation is 2. The zero-order valence-corrected chi connectivity index (χ0v) is 9.46. The lowest BCUT2D eigenvalue weighted by molar-refractivity contribution is 0.0934. The fourth-order valence-electron chi connectivity index (χ4n) is 1.85. The highest BCUT2D eigenvalue weighted by molar-refractivity contribution is 5.95. The molecule has 0 spiro atoms. The molecule has 15 heavy (non-hydrogen) atoms. The van der Waals surface area contributed by atoms with Gasteiger partial charge in [-0.3, -0.25) is 4.79 Å². The summed E-state index contributed by atoms with van der Waals surface area (Å²) in [6, 6.07) is 2.08. The van der Waals surface area contributed by atoms with Crippen molar-refractivity contribution in [2.45, 2.75) is 39.7 Å². The third-order valence-corrected chi connectivity index (χ3v) is 2.97. The Balaban J connectivity index is 2.03. The van der Waals surface area contributed by atoms with Gasteiger partial charge in [-0.2, -0.15) is 0 Å². The van der Waals surface area contributed by atoms with Crippen molar-refractivity contribution >= 4 is 5.91 Å². The molecule has 1 unspecified atom stereocenters. The van der Waals surface area contributed by atoms with Gasteiger partial charge in [0, 0.05) is 6.04 Å². The topological polar surface area (TPSA) is 42.2 Å². The van der Waals surface area contributed by atoms with E-state index in [0.29, 0.717) is 17.2 Å². The number of carbonyl (C=O) groups is 1. The maximum absolute atomic E-state index is 11.9. The van der Waals surface area contributed by atoms with Gasteiger partial charge in [0.15, 0.2) is 0 Å². The Bertz CT molecular complexity index is 377. The van der Waals surface area contributed by atoms with Gasteiger partial charge in [-0.15, -0.1) is 0 Å². The molecule has 1 aliphatic rings.